The molecule has 0 saturated carbocycles. The van der Waals surface area contributed by atoms with E-state index in [2.05, 4.69) is 46.8 Å². The summed E-state index contributed by atoms with van der Waals surface area (Å²) in [5, 5.41) is 16.6. The van der Waals surface area contributed by atoms with Crippen molar-refractivity contribution in [2.75, 3.05) is 0 Å². The number of benzene rings is 2. The molecular weight excluding hydrogens is 322 g/mol. The number of rotatable bonds is 6. The van der Waals surface area contributed by atoms with E-state index in [1.165, 1.54) is 5.56 Å². The maximum atomic E-state index is 5.97. The first-order valence-electron chi connectivity index (χ1n) is 7.96. The summed E-state index contributed by atoms with van der Waals surface area (Å²) in [6.45, 7) is 4.99. The van der Waals surface area contributed by atoms with Crippen molar-refractivity contribution in [3.63, 3.8) is 0 Å². The number of aromatic nitrogens is 4. The van der Waals surface area contributed by atoms with Crippen LogP contribution in [0, 0.1) is 0 Å². The minimum absolute atomic E-state index is 0.348. The van der Waals surface area contributed by atoms with Gasteiger partial charge in [-0.25, -0.2) is 0 Å². The molecule has 0 aliphatic carbocycles. The number of tetrazole rings is 1. The Kier molecular flexibility index (Phi) is 4.92. The molecule has 0 aliphatic rings. The number of hydrogen-bond donors (Lipinski definition) is 1. The molecular formula is C18H20ClN5. The molecule has 0 bridgehead atoms. The van der Waals surface area contributed by atoms with Crippen LogP contribution >= 0.6 is 11.6 Å². The summed E-state index contributed by atoms with van der Waals surface area (Å²) in [7, 11) is 0. The molecule has 1 aromatic heterocycles. The summed E-state index contributed by atoms with van der Waals surface area (Å²) in [5.74, 6) is 0.781. The average Bonchev–Trinajstić information content (AvgIpc) is 3.12. The van der Waals surface area contributed by atoms with Crippen molar-refractivity contribution >= 4 is 11.6 Å². The van der Waals surface area contributed by atoms with E-state index in [0.717, 1.165) is 24.5 Å². The van der Waals surface area contributed by atoms with Gasteiger partial charge in [0.2, 0.25) is 0 Å². The number of halogens is 1. The first-order chi connectivity index (χ1) is 11.6. The fourth-order valence-corrected chi connectivity index (χ4v) is 2.67. The zero-order chi connectivity index (χ0) is 17.0. The lowest BCUT2D eigenvalue weighted by Crippen LogP contribution is -2.41. The lowest BCUT2D eigenvalue weighted by molar-refractivity contribution is 0.324. The monoisotopic (exact) mass is 341 g/mol. The van der Waals surface area contributed by atoms with Crippen molar-refractivity contribution in [3.05, 3.63) is 71.0 Å². The largest absolute Gasteiger partial charge is 0.301 e. The van der Waals surface area contributed by atoms with Crippen molar-refractivity contribution in [3.8, 4) is 5.69 Å². The molecule has 124 valence electrons. The van der Waals surface area contributed by atoms with Gasteiger partial charge in [0.15, 0.2) is 5.82 Å². The summed E-state index contributed by atoms with van der Waals surface area (Å²) < 4.78 is 1.76. The van der Waals surface area contributed by atoms with Crippen molar-refractivity contribution in [1.82, 2.24) is 25.5 Å². The van der Waals surface area contributed by atoms with E-state index in [4.69, 9.17) is 11.6 Å². The van der Waals surface area contributed by atoms with Crippen LogP contribution in [-0.2, 0) is 12.1 Å². The van der Waals surface area contributed by atoms with Crippen LogP contribution in [0.4, 0.5) is 0 Å². The molecule has 0 spiro atoms. The molecule has 1 N–H and O–H groups in total. The van der Waals surface area contributed by atoms with Crippen LogP contribution in [0.5, 0.6) is 0 Å². The van der Waals surface area contributed by atoms with E-state index in [-0.39, 0.29) is 5.54 Å². The molecule has 3 aromatic rings. The van der Waals surface area contributed by atoms with Crippen LogP contribution in [0.1, 0.15) is 31.7 Å². The first kappa shape index (κ1) is 16.6. The lowest BCUT2D eigenvalue weighted by atomic mass is 9.97. The third kappa shape index (κ3) is 3.47. The Morgan fingerprint density at radius 2 is 1.79 bits per heavy atom. The van der Waals surface area contributed by atoms with E-state index >= 15 is 0 Å². The van der Waals surface area contributed by atoms with Gasteiger partial charge in [-0.3, -0.25) is 0 Å². The maximum absolute atomic E-state index is 5.97. The van der Waals surface area contributed by atoms with E-state index in [0.29, 0.717) is 5.02 Å². The molecule has 24 heavy (non-hydrogen) atoms. The molecule has 0 amide bonds. The highest BCUT2D eigenvalue weighted by Gasteiger charge is 2.31. The topological polar surface area (TPSA) is 55.6 Å². The molecule has 1 heterocycles. The molecule has 3 rings (SSSR count). The van der Waals surface area contributed by atoms with Gasteiger partial charge in [0.05, 0.1) is 11.2 Å². The predicted octanol–water partition coefficient (Wildman–Crippen LogP) is 3.73. The van der Waals surface area contributed by atoms with Crippen LogP contribution in [0.2, 0.25) is 5.02 Å². The quantitative estimate of drug-likeness (QED) is 0.742. The molecule has 0 unspecified atom stereocenters. The average molecular weight is 342 g/mol. The highest BCUT2D eigenvalue weighted by atomic mass is 35.5. The molecule has 5 nitrogen and oxygen atoms in total. The maximum Gasteiger partial charge on any atom is 0.176 e. The third-order valence-electron chi connectivity index (χ3n) is 4.27. The Morgan fingerprint density at radius 1 is 1.08 bits per heavy atom. The van der Waals surface area contributed by atoms with E-state index < -0.39 is 0 Å². The Balaban J connectivity index is 1.88. The van der Waals surface area contributed by atoms with Crippen molar-refractivity contribution in [1.29, 1.82) is 0 Å². The fourth-order valence-electron chi connectivity index (χ4n) is 2.54. The van der Waals surface area contributed by atoms with Gasteiger partial charge in [-0.05, 0) is 53.6 Å². The van der Waals surface area contributed by atoms with Gasteiger partial charge in [0, 0.05) is 11.6 Å². The smallest absolute Gasteiger partial charge is 0.176 e. The second-order valence-electron chi connectivity index (χ2n) is 5.92. The summed E-state index contributed by atoms with van der Waals surface area (Å²) in [4.78, 5) is 0. The first-order valence-corrected chi connectivity index (χ1v) is 8.34. The van der Waals surface area contributed by atoms with Gasteiger partial charge < -0.3 is 5.32 Å². The molecule has 1 atom stereocenters. The Morgan fingerprint density at radius 3 is 2.46 bits per heavy atom. The molecule has 6 heteroatoms. The lowest BCUT2D eigenvalue weighted by Gasteiger charge is -2.28. The molecule has 0 radical (unpaired) electrons. The fraction of sp³-hybridized carbons (Fsp3) is 0.278. The van der Waals surface area contributed by atoms with E-state index in [9.17, 15) is 0 Å². The Labute approximate surface area is 146 Å². The number of nitrogens with zero attached hydrogens (tertiary/aromatic N) is 4. The van der Waals surface area contributed by atoms with E-state index in [1.807, 2.05) is 42.5 Å². The summed E-state index contributed by atoms with van der Waals surface area (Å²) in [5.41, 5.74) is 1.77. The second-order valence-corrected chi connectivity index (χ2v) is 6.35. The summed E-state index contributed by atoms with van der Waals surface area (Å²) >= 11 is 5.97. The molecule has 0 fully saturated rings. The number of nitrogens with one attached hydrogen (secondary N) is 1. The minimum atomic E-state index is -0.348. The predicted molar refractivity (Wildman–Crippen MR) is 95.1 cm³/mol. The zero-order valence-electron chi connectivity index (χ0n) is 13.8. The Hall–Kier alpha value is -2.24. The van der Waals surface area contributed by atoms with Gasteiger partial charge in [-0.15, -0.1) is 5.10 Å². The van der Waals surface area contributed by atoms with Gasteiger partial charge in [-0.1, -0.05) is 48.9 Å². The SMILES string of the molecule is CC[C@@](C)(NCc1ccccc1)c1nnnn1-c1ccc(Cl)cc1. The van der Waals surface area contributed by atoms with Gasteiger partial charge >= 0.3 is 0 Å². The third-order valence-corrected chi connectivity index (χ3v) is 4.52. The summed E-state index contributed by atoms with van der Waals surface area (Å²) in [6, 6.07) is 17.8. The van der Waals surface area contributed by atoms with Crippen LogP contribution < -0.4 is 5.32 Å². The van der Waals surface area contributed by atoms with Crippen molar-refractivity contribution in [2.24, 2.45) is 0 Å². The van der Waals surface area contributed by atoms with Gasteiger partial charge in [-0.2, -0.15) is 4.68 Å². The van der Waals surface area contributed by atoms with Crippen LogP contribution in [0.3, 0.4) is 0 Å². The zero-order valence-corrected chi connectivity index (χ0v) is 14.5. The van der Waals surface area contributed by atoms with Gasteiger partial charge in [0.1, 0.15) is 0 Å². The van der Waals surface area contributed by atoms with Crippen molar-refractivity contribution < 1.29 is 0 Å². The van der Waals surface area contributed by atoms with Crippen molar-refractivity contribution in [2.45, 2.75) is 32.4 Å². The van der Waals surface area contributed by atoms with Crippen LogP contribution in [-0.4, -0.2) is 20.2 Å². The van der Waals surface area contributed by atoms with Crippen LogP contribution in [0.15, 0.2) is 54.6 Å². The normalized spacial score (nSPS) is 13.6. The minimum Gasteiger partial charge on any atom is -0.301 e. The van der Waals surface area contributed by atoms with Gasteiger partial charge in [0.25, 0.3) is 0 Å². The van der Waals surface area contributed by atoms with E-state index in [1.54, 1.807) is 4.68 Å². The standard InChI is InChI=1S/C18H20ClN5/c1-3-18(2,20-13-14-7-5-4-6-8-14)17-21-22-23-24(17)16-11-9-15(19)10-12-16/h4-12,20H,3,13H2,1-2H3/t18-/m1/s1. The Bertz CT molecular complexity index is 785. The second kappa shape index (κ2) is 7.11. The molecule has 0 aliphatic heterocycles. The van der Waals surface area contributed by atoms with Crippen LogP contribution in [0.25, 0.3) is 5.69 Å². The molecule has 2 aromatic carbocycles. The number of hydrogen-bond acceptors (Lipinski definition) is 4. The summed E-state index contributed by atoms with van der Waals surface area (Å²) in [6.07, 6.45) is 0.855. The highest BCUT2D eigenvalue weighted by Crippen LogP contribution is 2.25. The highest BCUT2D eigenvalue weighted by molar-refractivity contribution is 6.30. The molecule has 0 saturated heterocycles.